The molecule has 2 atom stereocenters. The van der Waals surface area contributed by atoms with Crippen molar-refractivity contribution in [3.05, 3.63) is 34.3 Å². The van der Waals surface area contributed by atoms with Gasteiger partial charge in [0, 0.05) is 55.6 Å². The lowest BCUT2D eigenvalue weighted by atomic mass is 10.1. The summed E-state index contributed by atoms with van der Waals surface area (Å²) in [6, 6.07) is 0.327. The minimum absolute atomic E-state index is 0.0530. The molecule has 4 rings (SSSR count). The fourth-order valence-corrected chi connectivity index (χ4v) is 4.74. The van der Waals surface area contributed by atoms with Crippen LogP contribution in [0.1, 0.15) is 59.8 Å². The molecule has 0 spiro atoms. The van der Waals surface area contributed by atoms with Crippen molar-refractivity contribution in [3.63, 3.8) is 0 Å². The Morgan fingerprint density at radius 3 is 2.96 bits per heavy atom. The summed E-state index contributed by atoms with van der Waals surface area (Å²) in [5.74, 6) is 1.72. The molecule has 0 bridgehead atoms. The Morgan fingerprint density at radius 1 is 1.30 bits per heavy atom. The van der Waals surface area contributed by atoms with Crippen molar-refractivity contribution >= 4 is 11.3 Å². The Bertz CT molecular complexity index is 647. The molecule has 1 aliphatic carbocycles. The van der Waals surface area contributed by atoms with Crippen molar-refractivity contribution in [1.82, 2.24) is 19.9 Å². The average molecular weight is 332 g/mol. The smallest absolute Gasteiger partial charge is 0.139 e. The first-order chi connectivity index (χ1) is 11.3. The molecule has 2 aromatic heterocycles. The van der Waals surface area contributed by atoms with Crippen LogP contribution in [0.3, 0.4) is 0 Å². The van der Waals surface area contributed by atoms with Gasteiger partial charge in [-0.05, 0) is 19.3 Å². The highest BCUT2D eigenvalue weighted by Gasteiger charge is 2.32. The van der Waals surface area contributed by atoms with E-state index in [1.54, 1.807) is 0 Å². The Morgan fingerprint density at radius 2 is 2.17 bits per heavy atom. The van der Waals surface area contributed by atoms with E-state index in [-0.39, 0.29) is 6.10 Å². The number of aryl methyl sites for hydroxylation is 1. The minimum Gasteiger partial charge on any atom is -0.369 e. The van der Waals surface area contributed by atoms with Gasteiger partial charge in [0.15, 0.2) is 0 Å². The van der Waals surface area contributed by atoms with Crippen LogP contribution in [0, 0.1) is 0 Å². The van der Waals surface area contributed by atoms with Crippen LogP contribution in [-0.4, -0.2) is 27.2 Å². The summed E-state index contributed by atoms with van der Waals surface area (Å²) in [5, 5.41) is 5.00. The van der Waals surface area contributed by atoms with Gasteiger partial charge in [-0.3, -0.25) is 0 Å². The molecule has 0 unspecified atom stereocenters. The second kappa shape index (κ2) is 6.71. The van der Waals surface area contributed by atoms with Gasteiger partial charge in [-0.1, -0.05) is 12.8 Å². The molecule has 124 valence electrons. The summed E-state index contributed by atoms with van der Waals surface area (Å²) in [6.07, 6.45) is 12.3. The Kier molecular flexibility index (Phi) is 4.46. The quantitative estimate of drug-likeness (QED) is 0.914. The number of imidazole rings is 1. The van der Waals surface area contributed by atoms with Gasteiger partial charge in [0.25, 0.3) is 0 Å². The summed E-state index contributed by atoms with van der Waals surface area (Å²) in [4.78, 5) is 10.4. The standard InChI is InChI=1S/C17H24N4OS/c1-21-8-7-18-16(21)15-14(6-9-22-15)19-10-13-11-20-17(23-13)12-4-2-3-5-12/h7-8,11-12,14-15,19H,2-6,9-10H2,1H3/t14-,15-/m0/s1. The van der Waals surface area contributed by atoms with Gasteiger partial charge in [0.05, 0.1) is 5.01 Å². The predicted octanol–water partition coefficient (Wildman–Crippen LogP) is 3.15. The van der Waals surface area contributed by atoms with Gasteiger partial charge in [0.2, 0.25) is 0 Å². The van der Waals surface area contributed by atoms with Crippen molar-refractivity contribution in [2.45, 2.75) is 56.7 Å². The van der Waals surface area contributed by atoms with E-state index in [0.29, 0.717) is 12.0 Å². The second-order valence-corrected chi connectivity index (χ2v) is 7.76. The van der Waals surface area contributed by atoms with E-state index >= 15 is 0 Å². The highest BCUT2D eigenvalue weighted by atomic mass is 32.1. The largest absolute Gasteiger partial charge is 0.369 e. The molecular formula is C17H24N4OS. The monoisotopic (exact) mass is 332 g/mol. The topological polar surface area (TPSA) is 52.0 Å². The molecule has 1 saturated heterocycles. The van der Waals surface area contributed by atoms with Gasteiger partial charge >= 0.3 is 0 Å². The van der Waals surface area contributed by atoms with Gasteiger partial charge in [-0.2, -0.15) is 0 Å². The van der Waals surface area contributed by atoms with E-state index in [2.05, 4.69) is 26.0 Å². The molecule has 2 fully saturated rings. The fourth-order valence-electron chi connectivity index (χ4n) is 3.70. The van der Waals surface area contributed by atoms with Gasteiger partial charge in [-0.25, -0.2) is 9.97 Å². The van der Waals surface area contributed by atoms with E-state index in [1.165, 1.54) is 35.6 Å². The van der Waals surface area contributed by atoms with Crippen LogP contribution in [0.25, 0.3) is 0 Å². The molecule has 2 aliphatic rings. The second-order valence-electron chi connectivity index (χ2n) is 6.61. The zero-order chi connectivity index (χ0) is 15.6. The maximum Gasteiger partial charge on any atom is 0.139 e. The van der Waals surface area contributed by atoms with E-state index in [0.717, 1.165) is 25.4 Å². The highest BCUT2D eigenvalue weighted by Crippen LogP contribution is 2.36. The fraction of sp³-hybridized carbons (Fsp3) is 0.647. The molecule has 0 aromatic carbocycles. The molecule has 0 amide bonds. The van der Waals surface area contributed by atoms with Gasteiger partial charge < -0.3 is 14.6 Å². The summed E-state index contributed by atoms with van der Waals surface area (Å²) < 4.78 is 7.96. The lowest BCUT2D eigenvalue weighted by Gasteiger charge is -2.19. The molecule has 23 heavy (non-hydrogen) atoms. The predicted molar refractivity (Wildman–Crippen MR) is 90.5 cm³/mol. The molecule has 1 N–H and O–H groups in total. The number of aromatic nitrogens is 3. The summed E-state index contributed by atoms with van der Waals surface area (Å²) in [6.45, 7) is 1.67. The van der Waals surface area contributed by atoms with Crippen molar-refractivity contribution in [3.8, 4) is 0 Å². The van der Waals surface area contributed by atoms with E-state index in [1.807, 2.05) is 30.8 Å². The van der Waals surface area contributed by atoms with Crippen LogP contribution in [0.4, 0.5) is 0 Å². The number of hydrogen-bond acceptors (Lipinski definition) is 5. The van der Waals surface area contributed by atoms with Gasteiger partial charge in [-0.15, -0.1) is 11.3 Å². The molecule has 2 aromatic rings. The maximum absolute atomic E-state index is 5.91. The SMILES string of the molecule is Cn1ccnc1[C@H]1OCC[C@@H]1NCc1cnc(C2CCCC2)s1. The van der Waals surface area contributed by atoms with Crippen molar-refractivity contribution in [1.29, 1.82) is 0 Å². The Labute approximate surface area is 141 Å². The Hall–Kier alpha value is -1.24. The van der Waals surface area contributed by atoms with Crippen molar-refractivity contribution in [2.75, 3.05) is 6.61 Å². The third kappa shape index (κ3) is 3.20. The van der Waals surface area contributed by atoms with Crippen LogP contribution < -0.4 is 5.32 Å². The average Bonchev–Trinajstić information content (AvgIpc) is 3.32. The van der Waals surface area contributed by atoms with Crippen LogP contribution in [0.2, 0.25) is 0 Å². The first kappa shape index (κ1) is 15.3. The lowest BCUT2D eigenvalue weighted by Crippen LogP contribution is -2.32. The van der Waals surface area contributed by atoms with E-state index < -0.39 is 0 Å². The first-order valence-electron chi connectivity index (χ1n) is 8.58. The van der Waals surface area contributed by atoms with E-state index in [9.17, 15) is 0 Å². The Balaban J connectivity index is 1.37. The first-order valence-corrected chi connectivity index (χ1v) is 9.39. The molecule has 1 aliphatic heterocycles. The molecular weight excluding hydrogens is 308 g/mol. The molecule has 5 nitrogen and oxygen atoms in total. The van der Waals surface area contributed by atoms with Crippen LogP contribution in [0.5, 0.6) is 0 Å². The van der Waals surface area contributed by atoms with Crippen LogP contribution in [0.15, 0.2) is 18.6 Å². The summed E-state index contributed by atoms with van der Waals surface area (Å²) >= 11 is 1.88. The summed E-state index contributed by atoms with van der Waals surface area (Å²) in [5.41, 5.74) is 0. The third-order valence-corrected chi connectivity index (χ3v) is 6.18. The van der Waals surface area contributed by atoms with Gasteiger partial charge in [0.1, 0.15) is 11.9 Å². The molecule has 0 radical (unpaired) electrons. The number of hydrogen-bond donors (Lipinski definition) is 1. The molecule has 6 heteroatoms. The third-order valence-electron chi connectivity index (χ3n) is 5.02. The van der Waals surface area contributed by atoms with Crippen molar-refractivity contribution < 1.29 is 4.74 Å². The normalized spacial score (nSPS) is 25.4. The number of ether oxygens (including phenoxy) is 1. The number of nitrogens with zero attached hydrogens (tertiary/aromatic N) is 3. The lowest BCUT2D eigenvalue weighted by molar-refractivity contribution is 0.0893. The number of thiazole rings is 1. The van der Waals surface area contributed by atoms with Crippen molar-refractivity contribution in [2.24, 2.45) is 7.05 Å². The minimum atomic E-state index is 0.0530. The zero-order valence-corrected chi connectivity index (χ0v) is 14.4. The highest BCUT2D eigenvalue weighted by molar-refractivity contribution is 7.11. The van der Waals surface area contributed by atoms with E-state index in [4.69, 9.17) is 4.74 Å². The van der Waals surface area contributed by atoms with Crippen LogP contribution in [-0.2, 0) is 18.3 Å². The number of nitrogens with one attached hydrogen (secondary N) is 1. The maximum atomic E-state index is 5.91. The summed E-state index contributed by atoms with van der Waals surface area (Å²) in [7, 11) is 2.03. The molecule has 1 saturated carbocycles. The van der Waals surface area contributed by atoms with Crippen LogP contribution >= 0.6 is 11.3 Å². The molecule has 3 heterocycles. The number of rotatable bonds is 5. The zero-order valence-electron chi connectivity index (χ0n) is 13.6.